The summed E-state index contributed by atoms with van der Waals surface area (Å²) >= 11 is 12.6. The molecule has 0 fully saturated rings. The van der Waals surface area contributed by atoms with Crippen molar-refractivity contribution in [2.45, 2.75) is 24.3 Å². The highest BCUT2D eigenvalue weighted by atomic mass is 35.5. The highest BCUT2D eigenvalue weighted by Crippen LogP contribution is 2.33. The number of benzene rings is 1. The quantitative estimate of drug-likeness (QED) is 0.781. The van der Waals surface area contributed by atoms with Crippen LogP contribution in [0.15, 0.2) is 33.9 Å². The second kappa shape index (κ2) is 6.27. The van der Waals surface area contributed by atoms with Crippen LogP contribution in [0.4, 0.5) is 11.4 Å². The minimum absolute atomic E-state index is 0.112. The Balaban J connectivity index is 1.97. The molecule has 0 spiro atoms. The van der Waals surface area contributed by atoms with Gasteiger partial charge in [0.15, 0.2) is 0 Å². The van der Waals surface area contributed by atoms with Crippen LogP contribution in [-0.2, 0) is 21.2 Å². The Labute approximate surface area is 148 Å². The number of hydrogen-bond acceptors (Lipinski definition) is 5. The van der Waals surface area contributed by atoms with Crippen LogP contribution in [0.3, 0.4) is 0 Å². The lowest BCUT2D eigenvalue weighted by molar-refractivity contribution is 0.217. The van der Waals surface area contributed by atoms with Crippen molar-refractivity contribution < 1.29 is 13.2 Å². The largest absolute Gasteiger partial charge is 0.467 e. The molecule has 0 amide bonds. The summed E-state index contributed by atoms with van der Waals surface area (Å²) in [5.41, 5.74) is 1.94. The molecule has 3 rings (SSSR count). The normalized spacial score (nSPS) is 17.7. The highest BCUT2D eigenvalue weighted by Gasteiger charge is 2.21. The van der Waals surface area contributed by atoms with E-state index in [2.05, 4.69) is 10.0 Å². The predicted octanol–water partition coefficient (Wildman–Crippen LogP) is 3.86. The Bertz CT molecular complexity index is 850. The number of thiophene rings is 1. The van der Waals surface area contributed by atoms with Gasteiger partial charge in [-0.1, -0.05) is 11.6 Å². The number of fused-ring (bicyclic) bond motifs is 1. The Morgan fingerprint density at radius 1 is 1.48 bits per heavy atom. The molecule has 1 aromatic carbocycles. The van der Waals surface area contributed by atoms with E-state index >= 15 is 0 Å². The lowest BCUT2D eigenvalue weighted by Crippen LogP contribution is -2.16. The SMILES string of the molecule is CC1Cc2cc(NS(=O)(=O)c3ccsc3)c(Cl)cc2NC(=S)O1. The summed E-state index contributed by atoms with van der Waals surface area (Å²) in [5.74, 6) is 0. The molecule has 1 atom stereocenters. The summed E-state index contributed by atoms with van der Waals surface area (Å²) in [6.07, 6.45) is 0.478. The van der Waals surface area contributed by atoms with Crippen molar-refractivity contribution in [1.29, 1.82) is 0 Å². The van der Waals surface area contributed by atoms with Gasteiger partial charge in [0.25, 0.3) is 15.2 Å². The van der Waals surface area contributed by atoms with E-state index in [1.165, 1.54) is 11.3 Å². The van der Waals surface area contributed by atoms with E-state index in [0.717, 1.165) is 11.3 Å². The maximum atomic E-state index is 12.3. The standard InChI is InChI=1S/C14H13ClN2O3S3/c1-8-4-9-5-13(11(15)6-12(9)16-14(21)20-8)17-23(18,19)10-2-3-22-7-10/h2-3,5-8,17H,4H2,1H3,(H,16,21). The molecule has 0 radical (unpaired) electrons. The van der Waals surface area contributed by atoms with Gasteiger partial charge in [-0.15, -0.1) is 0 Å². The third-order valence-electron chi connectivity index (χ3n) is 3.29. The van der Waals surface area contributed by atoms with Crippen LogP contribution in [0.25, 0.3) is 0 Å². The predicted molar refractivity (Wildman–Crippen MR) is 97.1 cm³/mol. The van der Waals surface area contributed by atoms with Crippen LogP contribution < -0.4 is 10.0 Å². The molecule has 23 heavy (non-hydrogen) atoms. The van der Waals surface area contributed by atoms with Crippen molar-refractivity contribution in [3.63, 3.8) is 0 Å². The lowest BCUT2D eigenvalue weighted by Gasteiger charge is -2.13. The summed E-state index contributed by atoms with van der Waals surface area (Å²) in [7, 11) is -3.65. The van der Waals surface area contributed by atoms with Crippen LogP contribution in [0.1, 0.15) is 12.5 Å². The Morgan fingerprint density at radius 2 is 2.26 bits per heavy atom. The molecule has 5 nitrogen and oxygen atoms in total. The second-order valence-corrected chi connectivity index (χ2v) is 8.34. The molecule has 0 aliphatic carbocycles. The van der Waals surface area contributed by atoms with Gasteiger partial charge in [0, 0.05) is 17.5 Å². The monoisotopic (exact) mass is 388 g/mol. The Hall–Kier alpha value is -1.35. The minimum atomic E-state index is -3.65. The summed E-state index contributed by atoms with van der Waals surface area (Å²) < 4.78 is 32.7. The van der Waals surface area contributed by atoms with E-state index in [1.54, 1.807) is 29.0 Å². The number of ether oxygens (including phenoxy) is 1. The maximum Gasteiger partial charge on any atom is 0.262 e. The highest BCUT2D eigenvalue weighted by molar-refractivity contribution is 7.92. The average molecular weight is 389 g/mol. The summed E-state index contributed by atoms with van der Waals surface area (Å²) in [5, 5.41) is 6.79. The van der Waals surface area contributed by atoms with Gasteiger partial charge in [-0.3, -0.25) is 4.72 Å². The smallest absolute Gasteiger partial charge is 0.262 e. The number of hydrogen-bond donors (Lipinski definition) is 2. The number of anilines is 2. The number of nitrogens with one attached hydrogen (secondary N) is 2. The molecule has 0 bridgehead atoms. The molecule has 0 saturated heterocycles. The summed E-state index contributed by atoms with van der Waals surface area (Å²) in [6, 6.07) is 4.90. The minimum Gasteiger partial charge on any atom is -0.467 e. The molecule has 1 aliphatic heterocycles. The van der Waals surface area contributed by atoms with Crippen molar-refractivity contribution in [2.24, 2.45) is 0 Å². The Morgan fingerprint density at radius 3 is 2.96 bits per heavy atom. The van der Waals surface area contributed by atoms with Gasteiger partial charge in [0.2, 0.25) is 0 Å². The van der Waals surface area contributed by atoms with Gasteiger partial charge < -0.3 is 10.1 Å². The molecular weight excluding hydrogens is 376 g/mol. The van der Waals surface area contributed by atoms with Crippen LogP contribution in [0, 0.1) is 0 Å². The third-order valence-corrected chi connectivity index (χ3v) is 6.00. The van der Waals surface area contributed by atoms with Gasteiger partial charge in [-0.05, 0) is 48.3 Å². The molecule has 2 aromatic rings. The number of halogens is 1. The van der Waals surface area contributed by atoms with Crippen molar-refractivity contribution in [1.82, 2.24) is 0 Å². The zero-order valence-electron chi connectivity index (χ0n) is 12.0. The number of thiocarbonyl (C=S) groups is 1. The first kappa shape index (κ1) is 16.5. The van der Waals surface area contributed by atoms with Crippen molar-refractivity contribution in [3.8, 4) is 0 Å². The topological polar surface area (TPSA) is 67.4 Å². The molecule has 1 aromatic heterocycles. The molecule has 9 heteroatoms. The van der Waals surface area contributed by atoms with Gasteiger partial charge in [-0.25, -0.2) is 8.42 Å². The summed E-state index contributed by atoms with van der Waals surface area (Å²) in [6.45, 7) is 1.90. The first-order valence-electron chi connectivity index (χ1n) is 6.70. The van der Waals surface area contributed by atoms with Crippen LogP contribution in [-0.4, -0.2) is 19.7 Å². The lowest BCUT2D eigenvalue weighted by atomic mass is 10.1. The fourth-order valence-corrected chi connectivity index (χ4v) is 4.90. The molecule has 1 unspecified atom stereocenters. The van der Waals surface area contributed by atoms with E-state index < -0.39 is 10.0 Å². The summed E-state index contributed by atoms with van der Waals surface area (Å²) in [4.78, 5) is 0.213. The number of rotatable bonds is 3. The van der Waals surface area contributed by atoms with Crippen molar-refractivity contribution in [2.75, 3.05) is 10.0 Å². The van der Waals surface area contributed by atoms with E-state index in [-0.39, 0.29) is 21.2 Å². The van der Waals surface area contributed by atoms with Crippen molar-refractivity contribution in [3.05, 3.63) is 39.5 Å². The van der Waals surface area contributed by atoms with E-state index in [9.17, 15) is 8.42 Å². The van der Waals surface area contributed by atoms with Crippen LogP contribution in [0.2, 0.25) is 5.02 Å². The zero-order chi connectivity index (χ0) is 16.6. The van der Waals surface area contributed by atoms with Gasteiger partial charge >= 0.3 is 0 Å². The molecule has 0 saturated carbocycles. The first-order chi connectivity index (χ1) is 10.8. The van der Waals surface area contributed by atoms with Gasteiger partial charge in [0.1, 0.15) is 6.10 Å². The van der Waals surface area contributed by atoms with Crippen LogP contribution >= 0.6 is 35.2 Å². The molecule has 2 heterocycles. The van der Waals surface area contributed by atoms with Gasteiger partial charge in [0.05, 0.1) is 15.6 Å². The molecule has 122 valence electrons. The Kier molecular flexibility index (Phi) is 4.50. The number of sulfonamides is 1. The maximum absolute atomic E-state index is 12.3. The van der Waals surface area contributed by atoms with E-state index in [1.807, 2.05) is 6.92 Å². The molecular formula is C14H13ClN2O3S3. The molecule has 2 N–H and O–H groups in total. The van der Waals surface area contributed by atoms with E-state index in [0.29, 0.717) is 12.1 Å². The van der Waals surface area contributed by atoms with Gasteiger partial charge in [-0.2, -0.15) is 11.3 Å². The van der Waals surface area contributed by atoms with E-state index in [4.69, 9.17) is 28.6 Å². The zero-order valence-corrected chi connectivity index (χ0v) is 15.2. The fraction of sp³-hybridized carbons (Fsp3) is 0.214. The fourth-order valence-electron chi connectivity index (χ4n) is 2.26. The first-order valence-corrected chi connectivity index (χ1v) is 9.91. The second-order valence-electron chi connectivity index (χ2n) is 5.10. The van der Waals surface area contributed by atoms with Crippen molar-refractivity contribution >= 4 is 61.7 Å². The van der Waals surface area contributed by atoms with Crippen LogP contribution in [0.5, 0.6) is 0 Å². The molecule has 1 aliphatic rings. The third kappa shape index (κ3) is 3.60. The average Bonchev–Trinajstić information content (AvgIpc) is 2.94.